The summed E-state index contributed by atoms with van der Waals surface area (Å²) in [6, 6.07) is -4.70. The van der Waals surface area contributed by atoms with Crippen LogP contribution in [0.1, 0.15) is 32.1 Å². The van der Waals surface area contributed by atoms with Gasteiger partial charge in [0.25, 0.3) is 0 Å². The highest BCUT2D eigenvalue weighted by Crippen LogP contribution is 2.05. The summed E-state index contributed by atoms with van der Waals surface area (Å²) in [5.41, 5.74) is 10.9. The summed E-state index contributed by atoms with van der Waals surface area (Å²) < 4.78 is 0. The predicted octanol–water partition coefficient (Wildman–Crippen LogP) is -1.86. The second kappa shape index (κ2) is 16.6. The molecule has 0 rings (SSSR count). The van der Waals surface area contributed by atoms with Crippen molar-refractivity contribution >= 4 is 54.1 Å². The minimum Gasteiger partial charge on any atom is -0.481 e. The Kier molecular flexibility index (Phi) is 15.5. The van der Waals surface area contributed by atoms with E-state index in [1.165, 1.54) is 11.8 Å². The summed E-state index contributed by atoms with van der Waals surface area (Å²) in [7, 11) is 0. The maximum Gasteiger partial charge on any atom is 0.326 e. The highest BCUT2D eigenvalue weighted by Gasteiger charge is 2.29. The van der Waals surface area contributed by atoms with Crippen molar-refractivity contribution in [1.82, 2.24) is 16.0 Å². The van der Waals surface area contributed by atoms with Crippen molar-refractivity contribution in [3.8, 4) is 0 Å². The first kappa shape index (κ1) is 30.0. The SMILES string of the molecule is CSCCC(NC(=O)C(N)CC(=O)O)C(=O)NC(CS)C(=O)NC(CCCCN)C(=O)O. The van der Waals surface area contributed by atoms with Crippen LogP contribution >= 0.6 is 24.4 Å². The number of amides is 3. The van der Waals surface area contributed by atoms with Crippen LogP contribution in [0.2, 0.25) is 0 Å². The van der Waals surface area contributed by atoms with Gasteiger partial charge in [-0.2, -0.15) is 24.4 Å². The molecule has 3 amide bonds. The Bertz CT molecular complexity index is 653. The molecule has 4 atom stereocenters. The van der Waals surface area contributed by atoms with Crippen molar-refractivity contribution in [2.24, 2.45) is 11.5 Å². The van der Waals surface area contributed by atoms with Gasteiger partial charge in [-0.15, -0.1) is 0 Å². The van der Waals surface area contributed by atoms with E-state index in [-0.39, 0.29) is 18.6 Å². The lowest BCUT2D eigenvalue weighted by Crippen LogP contribution is -2.57. The van der Waals surface area contributed by atoms with Gasteiger partial charge in [0, 0.05) is 5.75 Å². The highest BCUT2D eigenvalue weighted by atomic mass is 32.2. The van der Waals surface area contributed by atoms with Crippen LogP contribution in [0.5, 0.6) is 0 Å². The van der Waals surface area contributed by atoms with E-state index in [1.807, 2.05) is 0 Å². The van der Waals surface area contributed by atoms with E-state index in [1.54, 1.807) is 6.26 Å². The van der Waals surface area contributed by atoms with E-state index >= 15 is 0 Å². The van der Waals surface area contributed by atoms with Crippen LogP contribution in [-0.4, -0.2) is 88.3 Å². The molecule has 0 aromatic heterocycles. The number of thiol groups is 1. The van der Waals surface area contributed by atoms with Crippen molar-refractivity contribution in [2.75, 3.05) is 24.3 Å². The quantitative estimate of drug-likeness (QED) is 0.0831. The third kappa shape index (κ3) is 12.1. The normalized spacial score (nSPS) is 14.5. The summed E-state index contributed by atoms with van der Waals surface area (Å²) in [6.45, 7) is 0.398. The van der Waals surface area contributed by atoms with E-state index in [9.17, 15) is 29.1 Å². The van der Waals surface area contributed by atoms with E-state index in [2.05, 4.69) is 28.6 Å². The maximum atomic E-state index is 12.7. The predicted molar refractivity (Wildman–Crippen MR) is 123 cm³/mol. The summed E-state index contributed by atoms with van der Waals surface area (Å²) in [5.74, 6) is -4.33. The van der Waals surface area contributed by atoms with Crippen LogP contribution in [0.4, 0.5) is 0 Å². The standard InChI is InChI=1S/C18H33N5O7S2/c1-32-7-5-11(21-15(26)10(20)8-14(24)25)16(27)23-13(9-31)17(28)22-12(18(29)30)4-2-3-6-19/h10-13,31H,2-9,19-20H2,1H3,(H,21,26)(H,22,28)(H,23,27)(H,24,25)(H,29,30). The summed E-state index contributed by atoms with van der Waals surface area (Å²) in [6.07, 6.45) is 2.69. The van der Waals surface area contributed by atoms with Gasteiger partial charge in [0.1, 0.15) is 18.1 Å². The molecular formula is C18H33N5O7S2. The third-order valence-corrected chi connectivity index (χ3v) is 5.36. The lowest BCUT2D eigenvalue weighted by atomic mass is 10.1. The summed E-state index contributed by atoms with van der Waals surface area (Å²) in [4.78, 5) is 59.5. The zero-order valence-corrected chi connectivity index (χ0v) is 19.6. The molecule has 0 radical (unpaired) electrons. The Balaban J connectivity index is 5.14. The molecule has 0 heterocycles. The number of hydrogen-bond acceptors (Lipinski definition) is 9. The Morgan fingerprint density at radius 2 is 1.47 bits per heavy atom. The van der Waals surface area contributed by atoms with Gasteiger partial charge in [0.15, 0.2) is 0 Å². The van der Waals surface area contributed by atoms with Gasteiger partial charge in [0.2, 0.25) is 17.7 Å². The van der Waals surface area contributed by atoms with Gasteiger partial charge in [-0.1, -0.05) is 0 Å². The van der Waals surface area contributed by atoms with Gasteiger partial charge < -0.3 is 37.6 Å². The lowest BCUT2D eigenvalue weighted by molar-refractivity contribution is -0.142. The van der Waals surface area contributed by atoms with E-state index in [0.29, 0.717) is 25.1 Å². The molecule has 0 saturated carbocycles. The van der Waals surface area contributed by atoms with Crippen LogP contribution in [0.3, 0.4) is 0 Å². The fourth-order valence-electron chi connectivity index (χ4n) is 2.55. The molecule has 0 spiro atoms. The van der Waals surface area contributed by atoms with Gasteiger partial charge in [0.05, 0.1) is 12.5 Å². The topological polar surface area (TPSA) is 214 Å². The Morgan fingerprint density at radius 3 is 1.97 bits per heavy atom. The monoisotopic (exact) mass is 495 g/mol. The molecule has 0 aromatic carbocycles. The maximum absolute atomic E-state index is 12.7. The number of carboxylic acid groups (broad SMARTS) is 2. The third-order valence-electron chi connectivity index (χ3n) is 4.35. The number of carbonyl (C=O) groups is 5. The summed E-state index contributed by atoms with van der Waals surface area (Å²) in [5, 5.41) is 25.3. The number of nitrogens with one attached hydrogen (secondary N) is 3. The molecule has 0 aromatic rings. The molecular weight excluding hydrogens is 462 g/mol. The fraction of sp³-hybridized carbons (Fsp3) is 0.722. The number of aliphatic carboxylic acids is 2. The number of carbonyl (C=O) groups excluding carboxylic acids is 3. The van der Waals surface area contributed by atoms with E-state index in [0.717, 1.165) is 0 Å². The molecule has 4 unspecified atom stereocenters. The van der Waals surface area contributed by atoms with Crippen LogP contribution in [0.15, 0.2) is 0 Å². The zero-order valence-electron chi connectivity index (χ0n) is 17.9. The average Bonchev–Trinajstić information content (AvgIpc) is 2.72. The number of unbranched alkanes of at least 4 members (excludes halogenated alkanes) is 1. The molecule has 0 bridgehead atoms. The zero-order chi connectivity index (χ0) is 24.7. The molecule has 32 heavy (non-hydrogen) atoms. The van der Waals surface area contributed by atoms with E-state index in [4.69, 9.17) is 16.6 Å². The Labute approximate surface area is 196 Å². The van der Waals surface area contributed by atoms with Crippen LogP contribution in [0.25, 0.3) is 0 Å². The Morgan fingerprint density at radius 1 is 0.906 bits per heavy atom. The smallest absolute Gasteiger partial charge is 0.326 e. The lowest BCUT2D eigenvalue weighted by Gasteiger charge is -2.24. The van der Waals surface area contributed by atoms with Crippen molar-refractivity contribution in [2.45, 2.75) is 56.3 Å². The number of hydrogen-bond donors (Lipinski definition) is 8. The van der Waals surface area contributed by atoms with Crippen LogP contribution < -0.4 is 27.4 Å². The Hall–Kier alpha value is -2.03. The average molecular weight is 496 g/mol. The van der Waals surface area contributed by atoms with E-state index < -0.39 is 60.2 Å². The first-order chi connectivity index (χ1) is 15.1. The molecule has 0 aliphatic rings. The van der Waals surface area contributed by atoms with Gasteiger partial charge in [-0.3, -0.25) is 19.2 Å². The molecule has 12 nitrogen and oxygen atoms in total. The molecule has 0 saturated heterocycles. The van der Waals surface area contributed by atoms with Crippen LogP contribution in [-0.2, 0) is 24.0 Å². The van der Waals surface area contributed by atoms with Crippen molar-refractivity contribution < 1.29 is 34.2 Å². The first-order valence-electron chi connectivity index (χ1n) is 9.98. The minimum absolute atomic E-state index is 0.117. The van der Waals surface area contributed by atoms with Crippen molar-refractivity contribution in [1.29, 1.82) is 0 Å². The number of rotatable bonds is 17. The first-order valence-corrected chi connectivity index (χ1v) is 12.0. The fourth-order valence-corrected chi connectivity index (χ4v) is 3.28. The second-order valence-corrected chi connectivity index (χ2v) is 8.33. The molecule has 0 aliphatic heterocycles. The molecule has 0 fully saturated rings. The minimum atomic E-state index is -1.34. The number of nitrogens with two attached hydrogens (primary N) is 2. The van der Waals surface area contributed by atoms with Gasteiger partial charge in [-0.25, -0.2) is 4.79 Å². The number of thioether (sulfide) groups is 1. The van der Waals surface area contributed by atoms with Crippen molar-refractivity contribution in [3.05, 3.63) is 0 Å². The molecule has 9 N–H and O–H groups in total. The second-order valence-electron chi connectivity index (χ2n) is 6.97. The van der Waals surface area contributed by atoms with Crippen molar-refractivity contribution in [3.63, 3.8) is 0 Å². The molecule has 184 valence electrons. The van der Waals surface area contributed by atoms with Crippen LogP contribution in [0, 0.1) is 0 Å². The summed E-state index contributed by atoms with van der Waals surface area (Å²) >= 11 is 5.47. The van der Waals surface area contributed by atoms with Gasteiger partial charge >= 0.3 is 11.9 Å². The highest BCUT2D eigenvalue weighted by molar-refractivity contribution is 7.98. The molecule has 14 heteroatoms. The number of carboxylic acids is 2. The molecule has 0 aliphatic carbocycles. The van der Waals surface area contributed by atoms with Gasteiger partial charge in [-0.05, 0) is 44.2 Å². The largest absolute Gasteiger partial charge is 0.481 e.